The first-order valence-electron chi connectivity index (χ1n) is 3.28. The molecule has 0 amide bonds. The Bertz CT molecular complexity index is 224. The molecular formula is C9H11N. The lowest BCUT2D eigenvalue weighted by molar-refractivity contribution is 1.51. The van der Waals surface area contributed by atoms with E-state index in [1.54, 1.807) is 6.20 Å². The lowest BCUT2D eigenvalue weighted by Gasteiger charge is -1.96. The van der Waals surface area contributed by atoms with Crippen LogP contribution in [0.1, 0.15) is 12.5 Å². The van der Waals surface area contributed by atoms with Gasteiger partial charge in [-0.25, -0.2) is 0 Å². The van der Waals surface area contributed by atoms with Crippen LogP contribution >= 0.6 is 0 Å². The molecule has 0 aliphatic carbocycles. The highest BCUT2D eigenvalue weighted by molar-refractivity contribution is 5.62. The van der Waals surface area contributed by atoms with Gasteiger partial charge in [-0.2, -0.15) is 0 Å². The van der Waals surface area contributed by atoms with E-state index in [2.05, 4.69) is 0 Å². The number of rotatable bonds is 1. The molecule has 0 aliphatic rings. The molecule has 0 heterocycles. The molecule has 52 valence electrons. The number of hydrogen-bond acceptors (Lipinski definition) is 1. The molecule has 0 bridgehead atoms. The number of benzene rings is 1. The van der Waals surface area contributed by atoms with E-state index in [0.717, 1.165) is 5.57 Å². The van der Waals surface area contributed by atoms with E-state index in [-0.39, 0.29) is 0 Å². The Morgan fingerprint density at radius 1 is 1.30 bits per heavy atom. The van der Waals surface area contributed by atoms with Gasteiger partial charge in [0.2, 0.25) is 0 Å². The fourth-order valence-electron chi connectivity index (χ4n) is 0.797. The highest BCUT2D eigenvalue weighted by atomic mass is 14.5. The molecule has 1 nitrogen and oxygen atoms in total. The quantitative estimate of drug-likeness (QED) is 0.623. The normalized spacial score (nSPS) is 11.5. The Labute approximate surface area is 61.2 Å². The van der Waals surface area contributed by atoms with E-state index in [9.17, 15) is 0 Å². The third kappa shape index (κ3) is 1.38. The van der Waals surface area contributed by atoms with Crippen molar-refractivity contribution in [1.29, 1.82) is 0 Å². The highest BCUT2D eigenvalue weighted by Crippen LogP contribution is 2.09. The first-order valence-corrected chi connectivity index (χ1v) is 3.28. The maximum atomic E-state index is 5.34. The van der Waals surface area contributed by atoms with Gasteiger partial charge < -0.3 is 5.73 Å². The summed E-state index contributed by atoms with van der Waals surface area (Å²) in [5.74, 6) is 0. The van der Waals surface area contributed by atoms with E-state index in [1.807, 2.05) is 37.3 Å². The van der Waals surface area contributed by atoms with Gasteiger partial charge >= 0.3 is 0 Å². The summed E-state index contributed by atoms with van der Waals surface area (Å²) in [6.45, 7) is 2.00. The van der Waals surface area contributed by atoms with Gasteiger partial charge in [0.15, 0.2) is 0 Å². The maximum absolute atomic E-state index is 5.34. The van der Waals surface area contributed by atoms with Crippen molar-refractivity contribution in [2.45, 2.75) is 6.92 Å². The minimum atomic E-state index is 1.11. The average molecular weight is 133 g/mol. The second-order valence-corrected chi connectivity index (χ2v) is 2.22. The minimum absolute atomic E-state index is 1.11. The molecule has 2 N–H and O–H groups in total. The van der Waals surface area contributed by atoms with Gasteiger partial charge in [-0.15, -0.1) is 0 Å². The molecule has 0 saturated carbocycles. The van der Waals surface area contributed by atoms with Gasteiger partial charge in [0, 0.05) is 0 Å². The van der Waals surface area contributed by atoms with Crippen molar-refractivity contribution >= 4 is 5.57 Å². The fraction of sp³-hybridized carbons (Fsp3) is 0.111. The Hall–Kier alpha value is -1.24. The molecule has 0 unspecified atom stereocenters. The molecule has 0 spiro atoms. The lowest BCUT2D eigenvalue weighted by atomic mass is 10.1. The maximum Gasteiger partial charge on any atom is -0.00265 e. The van der Waals surface area contributed by atoms with Crippen LogP contribution in [0.4, 0.5) is 0 Å². The molecule has 0 fully saturated rings. The second-order valence-electron chi connectivity index (χ2n) is 2.22. The molecule has 1 aromatic rings. The fourth-order valence-corrected chi connectivity index (χ4v) is 0.797. The Morgan fingerprint density at radius 3 is 2.40 bits per heavy atom. The second kappa shape index (κ2) is 3.06. The van der Waals surface area contributed by atoms with Crippen molar-refractivity contribution in [1.82, 2.24) is 0 Å². The molecule has 1 rings (SSSR count). The summed E-state index contributed by atoms with van der Waals surface area (Å²) in [6.07, 6.45) is 1.62. The van der Waals surface area contributed by atoms with Crippen molar-refractivity contribution < 1.29 is 0 Å². The van der Waals surface area contributed by atoms with Gasteiger partial charge in [-0.1, -0.05) is 30.3 Å². The van der Waals surface area contributed by atoms with Crippen LogP contribution in [0.3, 0.4) is 0 Å². The zero-order chi connectivity index (χ0) is 7.40. The van der Waals surface area contributed by atoms with Crippen molar-refractivity contribution in [2.24, 2.45) is 5.73 Å². The molecule has 0 saturated heterocycles. The van der Waals surface area contributed by atoms with Crippen molar-refractivity contribution in [2.75, 3.05) is 0 Å². The summed E-state index contributed by atoms with van der Waals surface area (Å²) < 4.78 is 0. The monoisotopic (exact) mass is 133 g/mol. The summed E-state index contributed by atoms with van der Waals surface area (Å²) in [5, 5.41) is 0. The summed E-state index contributed by atoms with van der Waals surface area (Å²) in [4.78, 5) is 0. The standard InChI is InChI=1S/C9H11N/c1-8(7-10)9-5-3-2-4-6-9/h2-7H,10H2,1H3/b8-7+. The van der Waals surface area contributed by atoms with Gasteiger partial charge in [0.25, 0.3) is 0 Å². The largest absolute Gasteiger partial charge is 0.404 e. The topological polar surface area (TPSA) is 26.0 Å². The van der Waals surface area contributed by atoms with Crippen LogP contribution in [0.25, 0.3) is 5.57 Å². The van der Waals surface area contributed by atoms with Gasteiger partial charge in [0.05, 0.1) is 0 Å². The first-order chi connectivity index (χ1) is 4.84. The molecule has 0 aromatic heterocycles. The molecular weight excluding hydrogens is 122 g/mol. The average Bonchev–Trinajstić information content (AvgIpc) is 2.05. The first kappa shape index (κ1) is 6.87. The predicted octanol–water partition coefficient (Wildman–Crippen LogP) is 2.01. The summed E-state index contributed by atoms with van der Waals surface area (Å²) >= 11 is 0. The van der Waals surface area contributed by atoms with Crippen LogP contribution in [0.15, 0.2) is 36.5 Å². The number of allylic oxidation sites excluding steroid dienone is 1. The van der Waals surface area contributed by atoms with Crippen molar-refractivity contribution in [3.63, 3.8) is 0 Å². The van der Waals surface area contributed by atoms with E-state index < -0.39 is 0 Å². The molecule has 0 aliphatic heterocycles. The van der Waals surface area contributed by atoms with Crippen LogP contribution < -0.4 is 5.73 Å². The molecule has 10 heavy (non-hydrogen) atoms. The van der Waals surface area contributed by atoms with Crippen molar-refractivity contribution in [3.05, 3.63) is 42.1 Å². The number of nitrogens with two attached hydrogens (primary N) is 1. The SMILES string of the molecule is C/C(=C\N)c1ccccc1. The highest BCUT2D eigenvalue weighted by Gasteiger charge is 1.89. The van der Waals surface area contributed by atoms with Gasteiger partial charge in [-0.05, 0) is 24.3 Å². The van der Waals surface area contributed by atoms with Crippen LogP contribution in [0.5, 0.6) is 0 Å². The third-order valence-corrected chi connectivity index (χ3v) is 1.48. The molecule has 0 radical (unpaired) electrons. The zero-order valence-corrected chi connectivity index (χ0v) is 6.04. The smallest absolute Gasteiger partial charge is 0.00265 e. The molecule has 1 heteroatoms. The van der Waals surface area contributed by atoms with Crippen LogP contribution in [-0.2, 0) is 0 Å². The summed E-state index contributed by atoms with van der Waals surface area (Å²) in [5.41, 5.74) is 7.64. The van der Waals surface area contributed by atoms with E-state index in [0.29, 0.717) is 0 Å². The lowest BCUT2D eigenvalue weighted by Crippen LogP contribution is -1.83. The Morgan fingerprint density at radius 2 is 1.90 bits per heavy atom. The van der Waals surface area contributed by atoms with E-state index in [1.165, 1.54) is 5.56 Å². The Kier molecular flexibility index (Phi) is 2.11. The van der Waals surface area contributed by atoms with Crippen LogP contribution in [0, 0.1) is 0 Å². The van der Waals surface area contributed by atoms with Crippen LogP contribution in [0.2, 0.25) is 0 Å². The van der Waals surface area contributed by atoms with E-state index in [4.69, 9.17) is 5.73 Å². The van der Waals surface area contributed by atoms with E-state index >= 15 is 0 Å². The van der Waals surface area contributed by atoms with Crippen molar-refractivity contribution in [3.8, 4) is 0 Å². The van der Waals surface area contributed by atoms with Crippen LogP contribution in [-0.4, -0.2) is 0 Å². The van der Waals surface area contributed by atoms with Gasteiger partial charge in [-0.3, -0.25) is 0 Å². The minimum Gasteiger partial charge on any atom is -0.404 e. The Balaban J connectivity index is 2.96. The number of hydrogen-bond donors (Lipinski definition) is 1. The zero-order valence-electron chi connectivity index (χ0n) is 6.04. The summed E-state index contributed by atoms with van der Waals surface area (Å²) in [7, 11) is 0. The molecule has 0 atom stereocenters. The van der Waals surface area contributed by atoms with Gasteiger partial charge in [0.1, 0.15) is 0 Å². The third-order valence-electron chi connectivity index (χ3n) is 1.48. The predicted molar refractivity (Wildman–Crippen MR) is 44.3 cm³/mol. The molecule has 1 aromatic carbocycles. The summed E-state index contributed by atoms with van der Waals surface area (Å²) in [6, 6.07) is 10.1.